The van der Waals surface area contributed by atoms with Crippen LogP contribution in [-0.2, 0) is 24.5 Å². The molecule has 0 spiro atoms. The Morgan fingerprint density at radius 1 is 0.636 bits per heavy atom. The van der Waals surface area contributed by atoms with E-state index in [1.165, 1.54) is 24.3 Å². The van der Waals surface area contributed by atoms with Crippen molar-refractivity contribution in [3.8, 4) is 0 Å². The summed E-state index contributed by atoms with van der Waals surface area (Å²) in [4.78, 5) is -0.366. The van der Waals surface area contributed by atoms with Crippen LogP contribution in [0, 0.1) is 0 Å². The highest BCUT2D eigenvalue weighted by molar-refractivity contribution is 7.96. The van der Waals surface area contributed by atoms with Crippen LogP contribution >= 0.6 is 10.5 Å². The lowest BCUT2D eigenvalue weighted by Crippen LogP contribution is -2.22. The lowest BCUT2D eigenvalue weighted by molar-refractivity contribution is -0.0517. The number of fused-ring (bicyclic) bond motifs is 3. The Bertz CT molecular complexity index is 1460. The number of alkyl halides is 5. The highest BCUT2D eigenvalue weighted by Gasteiger charge is 2.59. The van der Waals surface area contributed by atoms with Gasteiger partial charge in [-0.1, -0.05) is 42.5 Å². The predicted octanol–water partition coefficient (Wildman–Crippen LogP) is 5.77. The number of halogens is 5. The van der Waals surface area contributed by atoms with Crippen LogP contribution in [0.3, 0.4) is 0 Å². The molecular weight excluding hydrogens is 511 g/mol. The molecule has 1 heterocycles. The van der Waals surface area contributed by atoms with Gasteiger partial charge in [0, 0.05) is 10.8 Å². The summed E-state index contributed by atoms with van der Waals surface area (Å²) in [7, 11) is -12.8. The van der Waals surface area contributed by atoms with Crippen molar-refractivity contribution in [2.45, 2.75) is 15.0 Å². The maximum atomic E-state index is 15.4. The standard InChI is InChI=1S/C19H13F2O2S2.CHF3O3S/c20-19(21,25(22,23)14-8-2-1-3-9-14)24-17-12-6-4-10-15(17)16-11-5-7-13-18(16)24;2-1(3,4)8(5,6)7/h1-13H;(H,5,6,7)/q+1;/p-1. The van der Waals surface area contributed by atoms with Crippen LogP contribution in [0.2, 0.25) is 0 Å². The SMILES string of the molecule is O=S(=O)([O-])C(F)(F)F.O=S(=O)(c1ccccc1)C(F)(F)[s+]1c2ccccc2c2ccccc21. The molecule has 0 atom stereocenters. The Kier molecular flexibility index (Phi) is 6.54. The predicted molar refractivity (Wildman–Crippen MR) is 114 cm³/mol. The molecule has 1 aromatic heterocycles. The van der Waals surface area contributed by atoms with Gasteiger partial charge < -0.3 is 4.55 Å². The van der Waals surface area contributed by atoms with Gasteiger partial charge in [0.25, 0.3) is 9.84 Å². The third-order valence-electron chi connectivity index (χ3n) is 4.39. The number of sulfone groups is 1. The number of rotatable bonds is 3. The second kappa shape index (κ2) is 8.63. The topological polar surface area (TPSA) is 91.3 Å². The summed E-state index contributed by atoms with van der Waals surface area (Å²) in [6.07, 6.45) is 0. The largest absolute Gasteiger partial charge is 0.741 e. The van der Waals surface area contributed by atoms with Crippen LogP contribution in [0.1, 0.15) is 0 Å². The van der Waals surface area contributed by atoms with Crippen molar-refractivity contribution < 1.29 is 43.3 Å². The first kappa shape index (κ1) is 25.0. The minimum absolute atomic E-state index is 0.366. The molecule has 0 aliphatic rings. The molecule has 4 rings (SSSR count). The zero-order valence-electron chi connectivity index (χ0n) is 16.2. The molecule has 0 bridgehead atoms. The van der Waals surface area contributed by atoms with E-state index >= 15 is 8.78 Å². The summed E-state index contributed by atoms with van der Waals surface area (Å²) in [6.45, 7) is 0. The Balaban J connectivity index is 0.000000331. The van der Waals surface area contributed by atoms with E-state index in [0.29, 0.717) is 20.2 Å². The Hall–Kier alpha value is -2.61. The second-order valence-corrected chi connectivity index (χ2v) is 12.1. The van der Waals surface area contributed by atoms with Gasteiger partial charge >= 0.3 is 10.1 Å². The number of thiophene rings is 1. The molecule has 3 aromatic carbocycles. The van der Waals surface area contributed by atoms with E-state index < -0.39 is 40.5 Å². The molecule has 0 N–H and O–H groups in total. The summed E-state index contributed by atoms with van der Waals surface area (Å²) >= 11 is 0. The Morgan fingerprint density at radius 3 is 1.39 bits per heavy atom. The third kappa shape index (κ3) is 4.58. The molecule has 13 heteroatoms. The first-order valence-electron chi connectivity index (χ1n) is 8.82. The van der Waals surface area contributed by atoms with E-state index in [9.17, 15) is 21.6 Å². The minimum atomic E-state index is -6.09. The lowest BCUT2D eigenvalue weighted by Gasteiger charge is -2.10. The quantitative estimate of drug-likeness (QED) is 0.147. The van der Waals surface area contributed by atoms with Crippen LogP contribution in [0.4, 0.5) is 22.0 Å². The second-order valence-electron chi connectivity index (χ2n) is 6.48. The van der Waals surface area contributed by atoms with Crippen molar-refractivity contribution >= 4 is 50.6 Å². The molecule has 4 aromatic rings. The van der Waals surface area contributed by atoms with Gasteiger partial charge in [0.2, 0.25) is 0 Å². The van der Waals surface area contributed by atoms with E-state index in [-0.39, 0.29) is 4.90 Å². The van der Waals surface area contributed by atoms with Crippen LogP contribution in [-0.4, -0.2) is 26.9 Å². The monoisotopic (exact) mass is 524 g/mol. The van der Waals surface area contributed by atoms with Crippen LogP contribution in [0.15, 0.2) is 83.8 Å². The summed E-state index contributed by atoms with van der Waals surface area (Å²) in [6, 6.07) is 20.5. The van der Waals surface area contributed by atoms with Crippen LogP contribution < -0.4 is 0 Å². The van der Waals surface area contributed by atoms with Crippen molar-refractivity contribution in [3.05, 3.63) is 78.9 Å². The average Bonchev–Trinajstić information content (AvgIpc) is 3.08. The molecule has 0 amide bonds. The molecule has 33 heavy (non-hydrogen) atoms. The van der Waals surface area contributed by atoms with Crippen molar-refractivity contribution in [1.29, 1.82) is 0 Å². The maximum absolute atomic E-state index is 15.4. The average molecular weight is 525 g/mol. The zero-order chi connectivity index (χ0) is 24.7. The Labute approximate surface area is 187 Å². The number of hydrogen-bond acceptors (Lipinski definition) is 5. The van der Waals surface area contributed by atoms with E-state index in [1.54, 1.807) is 54.6 Å². The molecule has 0 radical (unpaired) electrons. The van der Waals surface area contributed by atoms with Gasteiger partial charge in [0.05, 0.1) is 15.4 Å². The molecule has 0 aliphatic heterocycles. The fraction of sp³-hybridized carbons (Fsp3) is 0.100. The molecule has 0 fully saturated rings. The summed E-state index contributed by atoms with van der Waals surface area (Å²) < 4.78 is 112. The molecule has 0 saturated carbocycles. The van der Waals surface area contributed by atoms with Gasteiger partial charge in [0.15, 0.2) is 19.5 Å². The zero-order valence-corrected chi connectivity index (χ0v) is 18.6. The van der Waals surface area contributed by atoms with Crippen molar-refractivity contribution in [3.63, 3.8) is 0 Å². The summed E-state index contributed by atoms with van der Waals surface area (Å²) in [5.74, 6) is 0. The smallest absolute Gasteiger partial charge is 0.543 e. The number of hydrogen-bond donors (Lipinski definition) is 0. The van der Waals surface area contributed by atoms with Gasteiger partial charge in [0.1, 0.15) is 0 Å². The van der Waals surface area contributed by atoms with Crippen molar-refractivity contribution in [1.82, 2.24) is 0 Å². The highest BCUT2D eigenvalue weighted by atomic mass is 32.3. The minimum Gasteiger partial charge on any atom is -0.741 e. The highest BCUT2D eigenvalue weighted by Crippen LogP contribution is 2.56. The molecular formula is C20H13F5O5S3. The van der Waals surface area contributed by atoms with Gasteiger partial charge in [-0.2, -0.15) is 13.2 Å². The first-order valence-corrected chi connectivity index (χ1v) is 12.9. The van der Waals surface area contributed by atoms with E-state index in [2.05, 4.69) is 0 Å². The maximum Gasteiger partial charge on any atom is 0.543 e. The summed E-state index contributed by atoms with van der Waals surface area (Å²) in [5, 5.41) is 1.34. The first-order chi connectivity index (χ1) is 15.2. The summed E-state index contributed by atoms with van der Waals surface area (Å²) in [5.41, 5.74) is -5.65. The molecule has 0 unspecified atom stereocenters. The van der Waals surface area contributed by atoms with Gasteiger partial charge in [-0.05, 0) is 36.4 Å². The molecule has 0 aliphatic carbocycles. The van der Waals surface area contributed by atoms with Crippen LogP contribution in [0.5, 0.6) is 0 Å². The molecule has 176 valence electrons. The Morgan fingerprint density at radius 2 is 1.00 bits per heavy atom. The lowest BCUT2D eigenvalue weighted by atomic mass is 10.2. The van der Waals surface area contributed by atoms with E-state index in [4.69, 9.17) is 13.0 Å². The van der Waals surface area contributed by atoms with Gasteiger partial charge in [-0.3, -0.25) is 0 Å². The van der Waals surface area contributed by atoms with Crippen LogP contribution in [0.25, 0.3) is 20.2 Å². The number of benzene rings is 3. The fourth-order valence-corrected chi connectivity index (χ4v) is 7.42. The van der Waals surface area contributed by atoms with Crippen molar-refractivity contribution in [2.75, 3.05) is 0 Å². The van der Waals surface area contributed by atoms with Gasteiger partial charge in [-0.15, -0.1) is 8.78 Å². The van der Waals surface area contributed by atoms with Crippen molar-refractivity contribution in [2.24, 2.45) is 0 Å². The van der Waals surface area contributed by atoms with Gasteiger partial charge in [-0.25, -0.2) is 16.8 Å². The van der Waals surface area contributed by atoms with E-state index in [1.807, 2.05) is 0 Å². The molecule has 5 nitrogen and oxygen atoms in total. The fourth-order valence-electron chi connectivity index (χ4n) is 2.96. The molecule has 0 saturated heterocycles. The third-order valence-corrected chi connectivity index (χ3v) is 9.70. The normalized spacial score (nSPS) is 13.0. The van der Waals surface area contributed by atoms with E-state index in [0.717, 1.165) is 0 Å².